The van der Waals surface area contributed by atoms with Crippen LogP contribution >= 0.6 is 11.6 Å². The van der Waals surface area contributed by atoms with Gasteiger partial charge >= 0.3 is 0 Å². The Morgan fingerprint density at radius 2 is 1.65 bits per heavy atom. The normalized spacial score (nSPS) is 30.2. The van der Waals surface area contributed by atoms with Gasteiger partial charge in [0.1, 0.15) is 11.6 Å². The van der Waals surface area contributed by atoms with Gasteiger partial charge in [-0.15, -0.1) is 0 Å². The lowest BCUT2D eigenvalue weighted by atomic mass is 9.70. The van der Waals surface area contributed by atoms with Crippen molar-refractivity contribution in [3.05, 3.63) is 70.2 Å². The third-order valence-corrected chi connectivity index (χ3v) is 8.12. The molecule has 7 heteroatoms. The largest absolute Gasteiger partial charge is 0.384 e. The number of piperidine rings is 1. The number of carbonyl (C=O) groups excluding carboxylic acids is 1. The van der Waals surface area contributed by atoms with Crippen LogP contribution in [0.2, 0.25) is 5.02 Å². The zero-order chi connectivity index (χ0) is 24.8. The summed E-state index contributed by atoms with van der Waals surface area (Å²) in [6, 6.07) is 11.1. The number of likely N-dealkylation sites (tertiary alicyclic amines) is 2. The van der Waals surface area contributed by atoms with E-state index in [1.165, 1.54) is 12.1 Å². The van der Waals surface area contributed by atoms with Crippen LogP contribution in [0.5, 0.6) is 0 Å². The van der Waals surface area contributed by atoms with Crippen molar-refractivity contribution in [2.45, 2.75) is 45.3 Å². The molecule has 34 heavy (non-hydrogen) atoms. The van der Waals surface area contributed by atoms with Crippen molar-refractivity contribution >= 4 is 17.5 Å². The van der Waals surface area contributed by atoms with E-state index in [9.17, 15) is 18.7 Å². The van der Waals surface area contributed by atoms with E-state index in [4.69, 9.17) is 11.6 Å². The fourth-order valence-corrected chi connectivity index (χ4v) is 5.95. The number of aliphatic hydroxyl groups is 1. The molecule has 4 rings (SSSR count). The van der Waals surface area contributed by atoms with Crippen LogP contribution in [0.15, 0.2) is 42.5 Å². The fraction of sp³-hybridized carbons (Fsp3) is 0.519. The second-order valence-electron chi connectivity index (χ2n) is 10.3. The van der Waals surface area contributed by atoms with Crippen molar-refractivity contribution in [3.63, 3.8) is 0 Å². The number of hydrogen-bond donors (Lipinski definition) is 1. The first-order chi connectivity index (χ1) is 16.0. The number of benzene rings is 2. The molecule has 2 aliphatic heterocycles. The SMILES string of the molecule is CC(C)N1C[C@@H](C(=O)N2CC(C)C(O)(c3ccc(Cl)cc3)C(C)C2)[C@H](c2ccc(F)cc2F)C1. The summed E-state index contributed by atoms with van der Waals surface area (Å²) in [5, 5.41) is 12.3. The van der Waals surface area contributed by atoms with E-state index < -0.39 is 23.2 Å². The van der Waals surface area contributed by atoms with Crippen molar-refractivity contribution in [2.24, 2.45) is 17.8 Å². The first-order valence-corrected chi connectivity index (χ1v) is 12.4. The highest BCUT2D eigenvalue weighted by atomic mass is 35.5. The molecular weight excluding hydrogens is 458 g/mol. The van der Waals surface area contributed by atoms with Crippen LogP contribution in [0, 0.1) is 29.4 Å². The first kappa shape index (κ1) is 25.1. The van der Waals surface area contributed by atoms with E-state index in [-0.39, 0.29) is 29.7 Å². The topological polar surface area (TPSA) is 43.8 Å². The number of carbonyl (C=O) groups is 1. The van der Waals surface area contributed by atoms with Gasteiger partial charge < -0.3 is 10.0 Å². The maximum absolute atomic E-state index is 14.7. The molecule has 4 atom stereocenters. The Labute approximate surface area is 205 Å². The van der Waals surface area contributed by atoms with Crippen LogP contribution < -0.4 is 0 Å². The molecule has 2 aliphatic rings. The maximum atomic E-state index is 14.7. The average Bonchev–Trinajstić information content (AvgIpc) is 3.22. The lowest BCUT2D eigenvalue weighted by Gasteiger charge is -2.48. The van der Waals surface area contributed by atoms with Crippen molar-refractivity contribution < 1.29 is 18.7 Å². The Hall–Kier alpha value is -2.02. The Morgan fingerprint density at radius 1 is 1.03 bits per heavy atom. The third-order valence-electron chi connectivity index (χ3n) is 7.87. The molecule has 2 aromatic rings. The summed E-state index contributed by atoms with van der Waals surface area (Å²) in [7, 11) is 0. The van der Waals surface area contributed by atoms with Gasteiger partial charge in [-0.3, -0.25) is 9.69 Å². The van der Waals surface area contributed by atoms with Crippen LogP contribution in [0.25, 0.3) is 0 Å². The van der Waals surface area contributed by atoms with Gasteiger partial charge in [-0.25, -0.2) is 8.78 Å². The smallest absolute Gasteiger partial charge is 0.227 e. The lowest BCUT2D eigenvalue weighted by molar-refractivity contribution is -0.152. The van der Waals surface area contributed by atoms with Gasteiger partial charge in [0.25, 0.3) is 0 Å². The van der Waals surface area contributed by atoms with E-state index in [0.29, 0.717) is 36.8 Å². The summed E-state index contributed by atoms with van der Waals surface area (Å²) >= 11 is 6.04. The van der Waals surface area contributed by atoms with E-state index in [0.717, 1.165) is 11.6 Å². The first-order valence-electron chi connectivity index (χ1n) is 12.0. The molecule has 4 nitrogen and oxygen atoms in total. The molecule has 2 aromatic carbocycles. The molecule has 2 unspecified atom stereocenters. The van der Waals surface area contributed by atoms with Crippen LogP contribution in [-0.2, 0) is 10.4 Å². The maximum Gasteiger partial charge on any atom is 0.227 e. The van der Waals surface area contributed by atoms with Crippen LogP contribution in [0.4, 0.5) is 8.78 Å². The van der Waals surface area contributed by atoms with Crippen LogP contribution in [0.3, 0.4) is 0 Å². The number of rotatable bonds is 4. The zero-order valence-corrected chi connectivity index (χ0v) is 20.9. The summed E-state index contributed by atoms with van der Waals surface area (Å²) in [5.74, 6) is -2.45. The minimum absolute atomic E-state index is 0.0336. The molecule has 0 saturated carbocycles. The van der Waals surface area contributed by atoms with E-state index in [1.807, 2.05) is 30.9 Å². The highest BCUT2D eigenvalue weighted by Crippen LogP contribution is 2.43. The summed E-state index contributed by atoms with van der Waals surface area (Å²) in [6.45, 7) is 9.90. The molecule has 184 valence electrons. The highest BCUT2D eigenvalue weighted by molar-refractivity contribution is 6.30. The number of hydrogen-bond acceptors (Lipinski definition) is 3. The predicted octanol–water partition coefficient (Wildman–Crippen LogP) is 5.04. The lowest BCUT2D eigenvalue weighted by Crippen LogP contribution is -2.57. The fourth-order valence-electron chi connectivity index (χ4n) is 5.82. The second kappa shape index (κ2) is 9.56. The molecule has 0 bridgehead atoms. The molecule has 2 heterocycles. The van der Waals surface area contributed by atoms with Gasteiger partial charge in [-0.2, -0.15) is 0 Å². The van der Waals surface area contributed by atoms with Crippen molar-refractivity contribution in [1.82, 2.24) is 9.80 Å². The van der Waals surface area contributed by atoms with Gasteiger partial charge in [0.2, 0.25) is 5.91 Å². The third kappa shape index (κ3) is 4.48. The molecular formula is C27H33ClF2N2O2. The molecule has 0 radical (unpaired) electrons. The average molecular weight is 491 g/mol. The molecule has 0 aliphatic carbocycles. The Morgan fingerprint density at radius 3 is 2.21 bits per heavy atom. The van der Waals surface area contributed by atoms with Gasteiger partial charge in [-0.05, 0) is 43.2 Å². The summed E-state index contributed by atoms with van der Waals surface area (Å²) < 4.78 is 28.3. The second-order valence-corrected chi connectivity index (χ2v) is 10.7. The Kier molecular flexibility index (Phi) is 7.05. The van der Waals surface area contributed by atoms with Gasteiger partial charge in [0.05, 0.1) is 11.5 Å². The Balaban J connectivity index is 1.59. The standard InChI is InChI=1S/C27H33ClF2N2O2/c1-16(2)31-14-23(22-10-9-21(29)11-25(22)30)24(15-31)26(33)32-12-17(3)27(34,18(4)13-32)19-5-7-20(28)8-6-19/h5-11,16-18,23-24,34H,12-15H2,1-4H3/t17?,18?,23-,24+,27?/m0/s1. The van der Waals surface area contributed by atoms with E-state index in [2.05, 4.69) is 18.7 Å². The molecule has 0 aromatic heterocycles. The summed E-state index contributed by atoms with van der Waals surface area (Å²) in [6.07, 6.45) is 0. The van der Waals surface area contributed by atoms with Gasteiger partial charge in [0, 0.05) is 61.1 Å². The monoisotopic (exact) mass is 490 g/mol. The quantitative estimate of drug-likeness (QED) is 0.652. The van der Waals surface area contributed by atoms with Crippen molar-refractivity contribution in [2.75, 3.05) is 26.2 Å². The minimum Gasteiger partial charge on any atom is -0.384 e. The van der Waals surface area contributed by atoms with Crippen molar-refractivity contribution in [3.8, 4) is 0 Å². The van der Waals surface area contributed by atoms with E-state index >= 15 is 0 Å². The molecule has 2 saturated heterocycles. The van der Waals surface area contributed by atoms with E-state index in [1.54, 1.807) is 12.1 Å². The predicted molar refractivity (Wildman–Crippen MR) is 130 cm³/mol. The van der Waals surface area contributed by atoms with Gasteiger partial charge in [0.15, 0.2) is 0 Å². The molecule has 0 spiro atoms. The van der Waals surface area contributed by atoms with Crippen LogP contribution in [0.1, 0.15) is 44.7 Å². The Bertz CT molecular complexity index is 1030. The zero-order valence-electron chi connectivity index (χ0n) is 20.1. The van der Waals surface area contributed by atoms with Crippen molar-refractivity contribution in [1.29, 1.82) is 0 Å². The summed E-state index contributed by atoms with van der Waals surface area (Å²) in [5.41, 5.74) is 0.101. The number of nitrogens with zero attached hydrogens (tertiary/aromatic N) is 2. The van der Waals surface area contributed by atoms with Crippen LogP contribution in [-0.4, -0.2) is 53.0 Å². The summed E-state index contributed by atoms with van der Waals surface area (Å²) in [4.78, 5) is 17.8. The van der Waals surface area contributed by atoms with Gasteiger partial charge in [-0.1, -0.05) is 43.6 Å². The number of amides is 1. The highest BCUT2D eigenvalue weighted by Gasteiger charge is 2.49. The number of halogens is 3. The molecule has 2 fully saturated rings. The molecule has 1 N–H and O–H groups in total. The minimum atomic E-state index is -1.08. The molecule has 1 amide bonds.